The Bertz CT molecular complexity index is 942. The monoisotopic (exact) mass is 428 g/mol. The van der Waals surface area contributed by atoms with Crippen LogP contribution in [0.2, 0.25) is 0 Å². The maximum absolute atomic E-state index is 13.5. The molecule has 8 heteroatoms. The number of amides is 1. The number of carbonyl (C=O) groups is 1. The van der Waals surface area contributed by atoms with Crippen LogP contribution in [0.1, 0.15) is 11.1 Å². The van der Waals surface area contributed by atoms with Gasteiger partial charge in [-0.2, -0.15) is 0 Å². The molecule has 0 atom stereocenters. The molecular formula is C23H28N2O6. The van der Waals surface area contributed by atoms with E-state index >= 15 is 0 Å². The molecular weight excluding hydrogens is 400 g/mol. The molecule has 2 N–H and O–H groups in total. The van der Waals surface area contributed by atoms with Gasteiger partial charge in [-0.05, 0) is 41.5 Å². The van der Waals surface area contributed by atoms with Crippen molar-refractivity contribution < 1.29 is 28.8 Å². The van der Waals surface area contributed by atoms with E-state index in [1.807, 2.05) is 0 Å². The minimum Gasteiger partial charge on any atom is -0.504 e. The average molecular weight is 428 g/mol. The smallest absolute Gasteiger partial charge is 0.254 e. The van der Waals surface area contributed by atoms with Gasteiger partial charge in [0.15, 0.2) is 23.0 Å². The van der Waals surface area contributed by atoms with E-state index in [9.17, 15) is 9.90 Å². The highest BCUT2D eigenvalue weighted by Crippen LogP contribution is 2.40. The third kappa shape index (κ3) is 4.86. The number of rotatable bonds is 7. The zero-order chi connectivity index (χ0) is 22.4. The Kier molecular flexibility index (Phi) is 7.25. The highest BCUT2D eigenvalue weighted by atomic mass is 16.5. The number of nitrogens with one attached hydrogen (secondary N) is 1. The van der Waals surface area contributed by atoms with Gasteiger partial charge >= 0.3 is 0 Å². The van der Waals surface area contributed by atoms with Crippen molar-refractivity contribution in [3.05, 3.63) is 41.5 Å². The summed E-state index contributed by atoms with van der Waals surface area (Å²) in [6.45, 7) is 2.68. The molecule has 0 aromatic heterocycles. The molecule has 0 spiro atoms. The quantitative estimate of drug-likeness (QED) is 0.517. The predicted octanol–water partition coefficient (Wildman–Crippen LogP) is 2.40. The second-order valence-corrected chi connectivity index (χ2v) is 6.95. The fourth-order valence-corrected chi connectivity index (χ4v) is 3.51. The van der Waals surface area contributed by atoms with Crippen molar-refractivity contribution in [3.8, 4) is 28.7 Å². The molecule has 0 aliphatic carbocycles. The van der Waals surface area contributed by atoms with Gasteiger partial charge in [-0.15, -0.1) is 0 Å². The number of piperazine rings is 1. The van der Waals surface area contributed by atoms with Gasteiger partial charge in [-0.3, -0.25) is 4.79 Å². The minimum absolute atomic E-state index is 0.00452. The zero-order valence-electron chi connectivity index (χ0n) is 18.2. The summed E-state index contributed by atoms with van der Waals surface area (Å²) in [6.07, 6.45) is 1.74. The van der Waals surface area contributed by atoms with Crippen LogP contribution in [0.3, 0.4) is 0 Å². The molecule has 31 heavy (non-hydrogen) atoms. The van der Waals surface area contributed by atoms with Crippen LogP contribution in [0.5, 0.6) is 28.7 Å². The van der Waals surface area contributed by atoms with Gasteiger partial charge in [0.2, 0.25) is 5.75 Å². The number of aromatic hydroxyl groups is 1. The van der Waals surface area contributed by atoms with E-state index in [4.69, 9.17) is 18.9 Å². The largest absolute Gasteiger partial charge is 0.504 e. The van der Waals surface area contributed by atoms with Gasteiger partial charge in [0.05, 0.1) is 28.4 Å². The van der Waals surface area contributed by atoms with Crippen molar-refractivity contribution in [2.24, 2.45) is 0 Å². The molecule has 0 unspecified atom stereocenters. The van der Waals surface area contributed by atoms with Crippen molar-refractivity contribution >= 4 is 17.6 Å². The number of hydrogen-bond donors (Lipinski definition) is 2. The third-order valence-electron chi connectivity index (χ3n) is 5.12. The third-order valence-corrected chi connectivity index (χ3v) is 5.12. The topological polar surface area (TPSA) is 89.5 Å². The molecule has 1 aliphatic rings. The molecule has 1 aliphatic heterocycles. The summed E-state index contributed by atoms with van der Waals surface area (Å²) < 4.78 is 21.5. The van der Waals surface area contributed by atoms with Gasteiger partial charge in [0, 0.05) is 31.8 Å². The predicted molar refractivity (Wildman–Crippen MR) is 118 cm³/mol. The summed E-state index contributed by atoms with van der Waals surface area (Å²) in [5.74, 6) is 1.59. The van der Waals surface area contributed by atoms with Crippen LogP contribution >= 0.6 is 0 Å². The van der Waals surface area contributed by atoms with Gasteiger partial charge < -0.3 is 34.3 Å². The Morgan fingerprint density at radius 3 is 2.06 bits per heavy atom. The van der Waals surface area contributed by atoms with Gasteiger partial charge in [-0.25, -0.2) is 0 Å². The highest BCUT2D eigenvalue weighted by molar-refractivity contribution is 6.24. The maximum atomic E-state index is 13.5. The molecule has 3 rings (SSSR count). The maximum Gasteiger partial charge on any atom is 0.254 e. The lowest BCUT2D eigenvalue weighted by molar-refractivity contribution is -0.125. The molecule has 1 fully saturated rings. The highest BCUT2D eigenvalue weighted by Gasteiger charge is 2.24. The van der Waals surface area contributed by atoms with Crippen LogP contribution in [0.4, 0.5) is 0 Å². The molecule has 0 bridgehead atoms. The Hall–Kier alpha value is -3.39. The first-order valence-corrected chi connectivity index (χ1v) is 9.91. The van der Waals surface area contributed by atoms with Crippen LogP contribution in [-0.4, -0.2) is 70.5 Å². The number of phenolic OH excluding ortho intramolecular Hbond substituents is 1. The number of nitrogens with zero attached hydrogens (tertiary/aromatic N) is 1. The number of phenols is 1. The number of hydrogen-bond acceptors (Lipinski definition) is 7. The van der Waals surface area contributed by atoms with Crippen molar-refractivity contribution in [1.29, 1.82) is 0 Å². The van der Waals surface area contributed by atoms with E-state index in [1.165, 1.54) is 28.4 Å². The van der Waals surface area contributed by atoms with Gasteiger partial charge in [0.25, 0.3) is 5.91 Å². The number of methoxy groups -OCH3 is 4. The fourth-order valence-electron chi connectivity index (χ4n) is 3.51. The van der Waals surface area contributed by atoms with Crippen LogP contribution in [0.25, 0.3) is 11.6 Å². The zero-order valence-corrected chi connectivity index (χ0v) is 18.2. The fraction of sp³-hybridized carbons (Fsp3) is 0.348. The first-order chi connectivity index (χ1) is 15.0. The van der Waals surface area contributed by atoms with E-state index in [0.717, 1.165) is 13.1 Å². The molecule has 0 radical (unpaired) electrons. The molecule has 1 amide bonds. The van der Waals surface area contributed by atoms with Crippen LogP contribution in [0.15, 0.2) is 30.3 Å². The van der Waals surface area contributed by atoms with Crippen LogP contribution < -0.4 is 24.3 Å². The molecule has 1 heterocycles. The van der Waals surface area contributed by atoms with Crippen LogP contribution in [-0.2, 0) is 4.79 Å². The molecule has 0 saturated carbocycles. The van der Waals surface area contributed by atoms with E-state index in [0.29, 0.717) is 52.8 Å². The second-order valence-electron chi connectivity index (χ2n) is 6.95. The van der Waals surface area contributed by atoms with Gasteiger partial charge in [0.1, 0.15) is 0 Å². The van der Waals surface area contributed by atoms with Crippen LogP contribution in [0, 0.1) is 0 Å². The first kappa shape index (κ1) is 22.3. The summed E-state index contributed by atoms with van der Waals surface area (Å²) in [7, 11) is 6.08. The van der Waals surface area contributed by atoms with Crippen molar-refractivity contribution in [1.82, 2.24) is 10.2 Å². The Morgan fingerprint density at radius 1 is 0.935 bits per heavy atom. The molecule has 2 aromatic carbocycles. The van der Waals surface area contributed by atoms with E-state index < -0.39 is 0 Å². The van der Waals surface area contributed by atoms with Crippen molar-refractivity contribution in [3.63, 3.8) is 0 Å². The van der Waals surface area contributed by atoms with E-state index in [-0.39, 0.29) is 11.7 Å². The standard InChI is InChI=1S/C23H28N2O6/c1-28-19-6-5-15(12-18(19)26)11-17(23(27)25-9-7-24-8-10-25)16-13-20(29-2)22(31-4)21(14-16)30-3/h5-6,11-14,24,26H,7-10H2,1-4H3/b17-11+. The van der Waals surface area contributed by atoms with Crippen molar-refractivity contribution in [2.75, 3.05) is 54.6 Å². The Balaban J connectivity index is 2.14. The minimum atomic E-state index is -0.119. The van der Waals surface area contributed by atoms with E-state index in [1.54, 1.807) is 41.3 Å². The number of benzene rings is 2. The normalized spacial score (nSPS) is 14.2. The molecule has 166 valence electrons. The number of ether oxygens (including phenoxy) is 4. The summed E-state index contributed by atoms with van der Waals surface area (Å²) in [5, 5.41) is 13.4. The molecule has 1 saturated heterocycles. The summed E-state index contributed by atoms with van der Waals surface area (Å²) >= 11 is 0. The molecule has 8 nitrogen and oxygen atoms in total. The summed E-state index contributed by atoms with van der Waals surface area (Å²) in [4.78, 5) is 15.3. The van der Waals surface area contributed by atoms with E-state index in [2.05, 4.69) is 5.32 Å². The lowest BCUT2D eigenvalue weighted by atomic mass is 9.99. The Labute approximate surface area is 182 Å². The average Bonchev–Trinajstić information content (AvgIpc) is 2.81. The summed E-state index contributed by atoms with van der Waals surface area (Å²) in [6, 6.07) is 8.49. The SMILES string of the molecule is COc1ccc(/C=C(/C(=O)N2CCNCC2)c2cc(OC)c(OC)c(OC)c2)cc1O. The number of carbonyl (C=O) groups excluding carboxylic acids is 1. The summed E-state index contributed by atoms with van der Waals surface area (Å²) in [5.41, 5.74) is 1.73. The first-order valence-electron chi connectivity index (χ1n) is 9.91. The van der Waals surface area contributed by atoms with Crippen molar-refractivity contribution in [2.45, 2.75) is 0 Å². The second kappa shape index (κ2) is 10.1. The lowest BCUT2D eigenvalue weighted by Gasteiger charge is -2.28. The Morgan fingerprint density at radius 2 is 1.55 bits per heavy atom. The molecule has 2 aromatic rings. The van der Waals surface area contributed by atoms with Gasteiger partial charge in [-0.1, -0.05) is 6.07 Å². The lowest BCUT2D eigenvalue weighted by Crippen LogP contribution is -2.46.